The third-order valence-electron chi connectivity index (χ3n) is 8.04. The monoisotopic (exact) mass is 666 g/mol. The summed E-state index contributed by atoms with van der Waals surface area (Å²) in [5.74, 6) is 5.90. The molecule has 4 nitrogen and oxygen atoms in total. The smallest absolute Gasteiger partial charge is 0.0857 e. The fourth-order valence-electron chi connectivity index (χ4n) is 5.49. The van der Waals surface area contributed by atoms with Gasteiger partial charge in [0.1, 0.15) is 0 Å². The summed E-state index contributed by atoms with van der Waals surface area (Å²) < 4.78 is 2.51. The third kappa shape index (κ3) is 13.5. The molecule has 0 bridgehead atoms. The lowest BCUT2D eigenvalue weighted by Gasteiger charge is -2.13. The van der Waals surface area contributed by atoms with E-state index in [-0.39, 0.29) is 0 Å². The van der Waals surface area contributed by atoms with Crippen LogP contribution in [0.15, 0.2) is 118 Å². The summed E-state index contributed by atoms with van der Waals surface area (Å²) in [6.07, 6.45) is 6.46. The second kappa shape index (κ2) is 23.4. The van der Waals surface area contributed by atoms with E-state index in [2.05, 4.69) is 125 Å². The maximum Gasteiger partial charge on any atom is 0.0857 e. The van der Waals surface area contributed by atoms with E-state index in [1.807, 2.05) is 78.9 Å². The van der Waals surface area contributed by atoms with Crippen molar-refractivity contribution in [3.05, 3.63) is 142 Å². The van der Waals surface area contributed by atoms with Crippen molar-refractivity contribution < 1.29 is 0 Å². The highest BCUT2D eigenvalue weighted by atomic mass is 15.1. The molecule has 0 radical (unpaired) electrons. The van der Waals surface area contributed by atoms with Crippen LogP contribution in [0.2, 0.25) is 0 Å². The number of para-hydroxylation sites is 1. The standard InChI is InChI=1S/C19H27N.C14H14N2.C7H7N.C6H10/c1-6-16-17(7-2)19(9-4)20(18(16)8-3)15-12-10-14(5)11-13-15;1-11-3-7-13(8-4-11)15-16-14-9-5-12(2)6-10-14;1-8-7-5-3-2-4-6-7;1-3-5-6-4-2/h10-13H,6-9H2,1-5H3;3-10H,1-2H3;2-6H,1H2;3-4H2,1-2H3. The summed E-state index contributed by atoms with van der Waals surface area (Å²) in [6.45, 7) is 22.9. The number of aryl methyl sites for hydroxylation is 3. The van der Waals surface area contributed by atoms with Crippen LogP contribution in [0.3, 0.4) is 0 Å². The van der Waals surface area contributed by atoms with Gasteiger partial charge in [-0.15, -0.1) is 11.8 Å². The van der Waals surface area contributed by atoms with Gasteiger partial charge in [0, 0.05) is 29.9 Å². The SMILES string of the molecule is C=Nc1ccccc1.CCC#CCC.CCc1c(CC)c(CC)n(-c2ccc(C)cc2)c1CC.Cc1ccc(N=Nc2ccc(C)cc2)cc1. The Morgan fingerprint density at radius 2 is 0.860 bits per heavy atom. The molecule has 0 fully saturated rings. The lowest BCUT2D eigenvalue weighted by atomic mass is 10.0. The molecule has 5 rings (SSSR count). The molecule has 0 aliphatic heterocycles. The van der Waals surface area contributed by atoms with E-state index >= 15 is 0 Å². The second-order valence-electron chi connectivity index (χ2n) is 11.9. The highest BCUT2D eigenvalue weighted by Crippen LogP contribution is 2.29. The minimum atomic E-state index is 0.881. The molecule has 0 saturated heterocycles. The average Bonchev–Trinajstić information content (AvgIpc) is 3.48. The lowest BCUT2D eigenvalue weighted by Crippen LogP contribution is -2.04. The Morgan fingerprint density at radius 1 is 0.480 bits per heavy atom. The minimum Gasteiger partial charge on any atom is -0.317 e. The highest BCUT2D eigenvalue weighted by Gasteiger charge is 2.19. The van der Waals surface area contributed by atoms with Crippen LogP contribution in [0.4, 0.5) is 17.1 Å². The molecule has 1 heterocycles. The lowest BCUT2D eigenvalue weighted by molar-refractivity contribution is 0.853. The highest BCUT2D eigenvalue weighted by molar-refractivity contribution is 5.48. The number of aromatic nitrogens is 1. The van der Waals surface area contributed by atoms with Gasteiger partial charge in [0.05, 0.1) is 17.1 Å². The van der Waals surface area contributed by atoms with Crippen molar-refractivity contribution in [2.75, 3.05) is 0 Å². The molecule has 4 heteroatoms. The normalized spacial score (nSPS) is 10.0. The number of rotatable bonds is 8. The number of hydrogen-bond donors (Lipinski definition) is 0. The molecule has 0 saturated carbocycles. The van der Waals surface area contributed by atoms with Crippen molar-refractivity contribution in [3.63, 3.8) is 0 Å². The zero-order chi connectivity index (χ0) is 36.7. The molecule has 0 atom stereocenters. The zero-order valence-corrected chi connectivity index (χ0v) is 32.1. The Morgan fingerprint density at radius 3 is 1.16 bits per heavy atom. The summed E-state index contributed by atoms with van der Waals surface area (Å²) in [7, 11) is 0. The van der Waals surface area contributed by atoms with Gasteiger partial charge in [0.25, 0.3) is 0 Å². The Kier molecular flexibility index (Phi) is 19.2. The van der Waals surface area contributed by atoms with Crippen LogP contribution in [0, 0.1) is 32.6 Å². The first-order chi connectivity index (χ1) is 24.3. The van der Waals surface area contributed by atoms with Crippen LogP contribution in [-0.2, 0) is 25.7 Å². The van der Waals surface area contributed by atoms with E-state index < -0.39 is 0 Å². The molecule has 0 amide bonds. The van der Waals surface area contributed by atoms with E-state index in [1.165, 1.54) is 33.8 Å². The first-order valence-corrected chi connectivity index (χ1v) is 18.1. The Hall–Kier alpha value is -5.01. The molecule has 1 aromatic heterocycles. The van der Waals surface area contributed by atoms with E-state index in [0.29, 0.717) is 0 Å². The Bertz CT molecular complexity index is 1680. The van der Waals surface area contributed by atoms with E-state index in [1.54, 1.807) is 11.1 Å². The molecule has 0 spiro atoms. The Balaban J connectivity index is 0.000000256. The molecule has 0 unspecified atom stereocenters. The van der Waals surface area contributed by atoms with Gasteiger partial charge in [-0.05, 0) is 113 Å². The van der Waals surface area contributed by atoms with Crippen molar-refractivity contribution in [2.24, 2.45) is 15.2 Å². The van der Waals surface area contributed by atoms with E-state index in [4.69, 9.17) is 0 Å². The van der Waals surface area contributed by atoms with Crippen molar-refractivity contribution in [1.82, 2.24) is 4.57 Å². The first kappa shape index (κ1) is 41.2. The van der Waals surface area contributed by atoms with Crippen LogP contribution < -0.4 is 0 Å². The molecule has 4 aromatic carbocycles. The van der Waals surface area contributed by atoms with Gasteiger partial charge in [-0.3, -0.25) is 4.99 Å². The van der Waals surface area contributed by atoms with Gasteiger partial charge in [-0.1, -0.05) is 113 Å². The Labute approximate surface area is 303 Å². The summed E-state index contributed by atoms with van der Waals surface area (Å²) >= 11 is 0. The average molecular weight is 667 g/mol. The predicted octanol–water partition coefficient (Wildman–Crippen LogP) is 13.6. The zero-order valence-electron chi connectivity index (χ0n) is 32.1. The first-order valence-electron chi connectivity index (χ1n) is 18.1. The second-order valence-corrected chi connectivity index (χ2v) is 11.9. The fourth-order valence-corrected chi connectivity index (χ4v) is 5.49. The third-order valence-corrected chi connectivity index (χ3v) is 8.04. The molecule has 0 N–H and O–H groups in total. The number of azo groups is 1. The maximum atomic E-state index is 4.17. The van der Waals surface area contributed by atoms with Crippen molar-refractivity contribution in [3.8, 4) is 17.5 Å². The number of hydrogen-bond acceptors (Lipinski definition) is 3. The number of benzene rings is 4. The van der Waals surface area contributed by atoms with Crippen LogP contribution in [0.25, 0.3) is 5.69 Å². The minimum absolute atomic E-state index is 0.881. The molecular weight excluding hydrogens is 609 g/mol. The predicted molar refractivity (Wildman–Crippen MR) is 219 cm³/mol. The molecule has 0 aliphatic carbocycles. The van der Waals surface area contributed by atoms with Gasteiger partial charge in [0.15, 0.2) is 0 Å². The maximum absolute atomic E-state index is 4.17. The fraction of sp³-hybridized carbons (Fsp3) is 0.326. The quantitative estimate of drug-likeness (QED) is 0.0898. The van der Waals surface area contributed by atoms with Crippen LogP contribution >= 0.6 is 0 Å². The summed E-state index contributed by atoms with van der Waals surface area (Å²) in [4.78, 5) is 3.72. The van der Waals surface area contributed by atoms with E-state index in [9.17, 15) is 0 Å². The summed E-state index contributed by atoms with van der Waals surface area (Å²) in [6, 6.07) is 34.6. The van der Waals surface area contributed by atoms with Gasteiger partial charge in [-0.2, -0.15) is 10.2 Å². The summed E-state index contributed by atoms with van der Waals surface area (Å²) in [5, 5.41) is 8.34. The van der Waals surface area contributed by atoms with Crippen LogP contribution in [0.5, 0.6) is 0 Å². The molecule has 5 aromatic rings. The molecular formula is C46H58N4. The van der Waals surface area contributed by atoms with E-state index in [0.717, 1.165) is 55.6 Å². The van der Waals surface area contributed by atoms with Crippen molar-refractivity contribution >= 4 is 23.8 Å². The van der Waals surface area contributed by atoms with Gasteiger partial charge in [0.2, 0.25) is 0 Å². The van der Waals surface area contributed by atoms with Crippen molar-refractivity contribution in [1.29, 1.82) is 0 Å². The van der Waals surface area contributed by atoms with Crippen LogP contribution in [0.1, 0.15) is 93.6 Å². The molecule has 262 valence electrons. The van der Waals surface area contributed by atoms with Gasteiger partial charge in [-0.25, -0.2) is 0 Å². The molecule has 50 heavy (non-hydrogen) atoms. The largest absolute Gasteiger partial charge is 0.317 e. The van der Waals surface area contributed by atoms with Gasteiger partial charge < -0.3 is 4.57 Å². The number of nitrogens with zero attached hydrogens (tertiary/aromatic N) is 4. The summed E-state index contributed by atoms with van der Waals surface area (Å²) in [5.41, 5.74) is 13.9. The number of aliphatic imine (C=N–C) groups is 1. The molecule has 0 aliphatic rings. The van der Waals surface area contributed by atoms with Crippen LogP contribution in [-0.4, -0.2) is 11.3 Å². The van der Waals surface area contributed by atoms with Crippen molar-refractivity contribution in [2.45, 2.75) is 101 Å². The topological polar surface area (TPSA) is 42.0 Å². The van der Waals surface area contributed by atoms with Gasteiger partial charge >= 0.3 is 0 Å².